The van der Waals surface area contributed by atoms with Crippen molar-refractivity contribution in [3.05, 3.63) is 107 Å². The van der Waals surface area contributed by atoms with Gasteiger partial charge in [-0.25, -0.2) is 4.79 Å². The largest absolute Gasteiger partial charge is 0.416 e. The van der Waals surface area contributed by atoms with E-state index in [0.29, 0.717) is 21.8 Å². The Labute approximate surface area is 222 Å². The highest BCUT2D eigenvalue weighted by molar-refractivity contribution is 6.30. The molecule has 0 saturated carbocycles. The summed E-state index contributed by atoms with van der Waals surface area (Å²) in [6, 6.07) is 19.4. The second-order valence-electron chi connectivity index (χ2n) is 8.56. The number of halogens is 4. The Morgan fingerprint density at radius 3 is 2.29 bits per heavy atom. The van der Waals surface area contributed by atoms with Gasteiger partial charge in [0.05, 0.1) is 17.3 Å². The molecule has 4 rings (SSSR count). The fraction of sp³-hybridized carbons (Fsp3) is 0.143. The van der Waals surface area contributed by atoms with E-state index in [0.717, 1.165) is 17.7 Å². The quantitative estimate of drug-likeness (QED) is 0.266. The van der Waals surface area contributed by atoms with E-state index in [2.05, 4.69) is 10.6 Å². The predicted octanol–water partition coefficient (Wildman–Crippen LogP) is 7.47. The Morgan fingerprint density at radius 1 is 0.974 bits per heavy atom. The minimum atomic E-state index is -4.45. The van der Waals surface area contributed by atoms with Gasteiger partial charge in [-0.2, -0.15) is 13.2 Å². The predicted molar refractivity (Wildman–Crippen MR) is 139 cm³/mol. The van der Waals surface area contributed by atoms with Gasteiger partial charge in [0.1, 0.15) is 0 Å². The summed E-state index contributed by atoms with van der Waals surface area (Å²) in [5.41, 5.74) is 1.65. The van der Waals surface area contributed by atoms with Crippen molar-refractivity contribution >= 4 is 29.3 Å². The molecule has 0 aliphatic rings. The van der Waals surface area contributed by atoms with Crippen molar-refractivity contribution < 1.29 is 27.5 Å². The second-order valence-corrected chi connectivity index (χ2v) is 9.00. The van der Waals surface area contributed by atoms with Crippen LogP contribution in [0, 0.1) is 0 Å². The molecule has 0 bridgehead atoms. The van der Waals surface area contributed by atoms with E-state index in [1.54, 1.807) is 68.7 Å². The van der Waals surface area contributed by atoms with Gasteiger partial charge in [0.25, 0.3) is 5.91 Å². The Bertz CT molecular complexity index is 1450. The van der Waals surface area contributed by atoms with Crippen LogP contribution in [0.3, 0.4) is 0 Å². The van der Waals surface area contributed by atoms with E-state index in [9.17, 15) is 22.8 Å². The van der Waals surface area contributed by atoms with Gasteiger partial charge < -0.3 is 19.9 Å². The van der Waals surface area contributed by atoms with E-state index in [1.165, 1.54) is 22.8 Å². The first-order valence-corrected chi connectivity index (χ1v) is 11.9. The molecule has 1 heterocycles. The third-order valence-electron chi connectivity index (χ3n) is 5.81. The van der Waals surface area contributed by atoms with E-state index in [-0.39, 0.29) is 17.5 Å². The summed E-state index contributed by atoms with van der Waals surface area (Å²) in [4.78, 5) is 25.5. The minimum Gasteiger partial charge on any atom is -0.393 e. The smallest absolute Gasteiger partial charge is 0.393 e. The number of carbonyl (C=O) groups excluding carboxylic acids is 2. The third-order valence-corrected chi connectivity index (χ3v) is 6.07. The van der Waals surface area contributed by atoms with E-state index in [4.69, 9.17) is 16.3 Å². The first kappa shape index (κ1) is 26.8. The standard InChI is InChI=1S/C28H23ClF3N3O3/c1-17(18-9-13-21(29)14-10-18)33-27(37)38-25-15-22(16-35(25)2)34-26(36)24-6-4-3-5-23(24)19-7-11-20(12-8-19)28(30,31)32/h3-17H,1-2H3,(H,33,37)(H,34,36). The molecule has 0 radical (unpaired) electrons. The van der Waals surface area contributed by atoms with Gasteiger partial charge in [-0.15, -0.1) is 0 Å². The van der Waals surface area contributed by atoms with Gasteiger partial charge in [0.2, 0.25) is 5.88 Å². The molecule has 2 N–H and O–H groups in total. The zero-order valence-electron chi connectivity index (χ0n) is 20.3. The van der Waals surface area contributed by atoms with E-state index in [1.807, 2.05) is 0 Å². The second kappa shape index (κ2) is 11.0. The normalized spacial score (nSPS) is 12.1. The Balaban J connectivity index is 1.45. The lowest BCUT2D eigenvalue weighted by Gasteiger charge is -2.14. The third kappa shape index (κ3) is 6.36. The zero-order chi connectivity index (χ0) is 27.4. The number of anilines is 1. The molecular weight excluding hydrogens is 519 g/mol. The van der Waals surface area contributed by atoms with Crippen molar-refractivity contribution in [3.8, 4) is 17.0 Å². The summed E-state index contributed by atoms with van der Waals surface area (Å²) >= 11 is 5.90. The molecule has 0 aliphatic carbocycles. The van der Waals surface area contributed by atoms with Crippen LogP contribution in [0.25, 0.3) is 11.1 Å². The average molecular weight is 542 g/mol. The highest BCUT2D eigenvalue weighted by Gasteiger charge is 2.30. The van der Waals surface area contributed by atoms with Crippen molar-refractivity contribution in [2.24, 2.45) is 7.05 Å². The molecule has 3 aromatic carbocycles. The number of hydrogen-bond donors (Lipinski definition) is 2. The van der Waals surface area contributed by atoms with Crippen LogP contribution in [0.1, 0.15) is 34.5 Å². The fourth-order valence-corrected chi connectivity index (χ4v) is 3.95. The molecule has 0 spiro atoms. The maximum absolute atomic E-state index is 13.1. The molecule has 10 heteroatoms. The van der Waals surface area contributed by atoms with Crippen molar-refractivity contribution in [2.45, 2.75) is 19.1 Å². The zero-order valence-corrected chi connectivity index (χ0v) is 21.1. The number of nitrogens with zero attached hydrogens (tertiary/aromatic N) is 1. The molecule has 0 aliphatic heterocycles. The molecule has 196 valence electrons. The Hall–Kier alpha value is -4.24. The van der Waals surface area contributed by atoms with E-state index >= 15 is 0 Å². The number of amides is 2. The molecule has 1 unspecified atom stereocenters. The maximum Gasteiger partial charge on any atom is 0.416 e. The minimum absolute atomic E-state index is 0.192. The van der Waals surface area contributed by atoms with Crippen LogP contribution in [0.5, 0.6) is 5.88 Å². The van der Waals surface area contributed by atoms with Gasteiger partial charge in [0.15, 0.2) is 0 Å². The Morgan fingerprint density at radius 2 is 1.63 bits per heavy atom. The lowest BCUT2D eigenvalue weighted by atomic mass is 9.98. The fourth-order valence-electron chi connectivity index (χ4n) is 3.82. The van der Waals surface area contributed by atoms with Crippen molar-refractivity contribution in [3.63, 3.8) is 0 Å². The van der Waals surface area contributed by atoms with Crippen molar-refractivity contribution in [1.82, 2.24) is 9.88 Å². The van der Waals surface area contributed by atoms with Crippen molar-refractivity contribution in [2.75, 3.05) is 5.32 Å². The van der Waals surface area contributed by atoms with Crippen LogP contribution in [-0.2, 0) is 13.2 Å². The van der Waals surface area contributed by atoms with Gasteiger partial charge in [-0.3, -0.25) is 4.79 Å². The summed E-state index contributed by atoms with van der Waals surface area (Å²) in [7, 11) is 1.65. The van der Waals surface area contributed by atoms with Crippen LogP contribution in [0.15, 0.2) is 85.1 Å². The van der Waals surface area contributed by atoms with Crippen LogP contribution in [0.4, 0.5) is 23.7 Å². The van der Waals surface area contributed by atoms with Crippen LogP contribution in [-0.4, -0.2) is 16.6 Å². The highest BCUT2D eigenvalue weighted by Crippen LogP contribution is 2.32. The molecule has 2 amide bonds. The summed E-state index contributed by atoms with van der Waals surface area (Å²) in [5.74, 6) is -0.282. The molecule has 38 heavy (non-hydrogen) atoms. The number of carbonyl (C=O) groups is 2. The lowest BCUT2D eigenvalue weighted by molar-refractivity contribution is -0.137. The molecule has 4 aromatic rings. The maximum atomic E-state index is 13.1. The number of alkyl halides is 3. The average Bonchev–Trinajstić information content (AvgIpc) is 3.21. The lowest BCUT2D eigenvalue weighted by Crippen LogP contribution is -2.30. The number of aryl methyl sites for hydroxylation is 1. The molecule has 6 nitrogen and oxygen atoms in total. The van der Waals surface area contributed by atoms with Gasteiger partial charge in [-0.1, -0.05) is 54.1 Å². The van der Waals surface area contributed by atoms with E-state index < -0.39 is 23.7 Å². The van der Waals surface area contributed by atoms with Crippen LogP contribution in [0.2, 0.25) is 5.02 Å². The van der Waals surface area contributed by atoms with Crippen LogP contribution < -0.4 is 15.4 Å². The summed E-state index contributed by atoms with van der Waals surface area (Å²) < 4.78 is 45.7. The first-order chi connectivity index (χ1) is 18.0. The summed E-state index contributed by atoms with van der Waals surface area (Å²) in [6.07, 6.45) is -3.56. The number of benzene rings is 3. The molecule has 0 saturated heterocycles. The number of hydrogen-bond acceptors (Lipinski definition) is 3. The SMILES string of the molecule is CC(NC(=O)Oc1cc(NC(=O)c2ccccc2-c2ccc(C(F)(F)F)cc2)cn1C)c1ccc(Cl)cc1. The van der Waals surface area contributed by atoms with Gasteiger partial charge >= 0.3 is 12.3 Å². The number of rotatable bonds is 6. The van der Waals surface area contributed by atoms with Crippen LogP contribution >= 0.6 is 11.6 Å². The molecule has 1 aromatic heterocycles. The summed E-state index contributed by atoms with van der Waals surface area (Å²) in [5, 5.41) is 6.06. The number of nitrogens with one attached hydrogen (secondary N) is 2. The first-order valence-electron chi connectivity index (χ1n) is 11.5. The number of ether oxygens (including phenoxy) is 1. The molecule has 1 atom stereocenters. The number of aromatic nitrogens is 1. The topological polar surface area (TPSA) is 72.4 Å². The van der Waals surface area contributed by atoms with Crippen molar-refractivity contribution in [1.29, 1.82) is 0 Å². The highest BCUT2D eigenvalue weighted by atomic mass is 35.5. The molecular formula is C28H23ClF3N3O3. The Kier molecular flexibility index (Phi) is 7.78. The summed E-state index contributed by atoms with van der Waals surface area (Å²) in [6.45, 7) is 1.80. The monoisotopic (exact) mass is 541 g/mol. The molecule has 0 fully saturated rings. The van der Waals surface area contributed by atoms with Gasteiger partial charge in [0, 0.05) is 29.9 Å². The van der Waals surface area contributed by atoms with Gasteiger partial charge in [-0.05, 0) is 53.9 Å².